The second-order valence-corrected chi connectivity index (χ2v) is 13.7. The van der Waals surface area contributed by atoms with Gasteiger partial charge >= 0.3 is 0 Å². The highest BCUT2D eigenvalue weighted by atomic mass is 33.1. The van der Waals surface area contributed by atoms with E-state index in [1.54, 1.807) is 21.6 Å². The molecule has 0 spiro atoms. The van der Waals surface area contributed by atoms with Gasteiger partial charge in [0.15, 0.2) is 11.4 Å². The fraction of sp³-hybridized carbons (Fsp3) is 0.630. The Balaban J connectivity index is 1.56. The molecule has 2 aliphatic heterocycles. The van der Waals surface area contributed by atoms with Crippen molar-refractivity contribution >= 4 is 38.5 Å². The van der Waals surface area contributed by atoms with Crippen LogP contribution in [-0.2, 0) is 5.75 Å². The van der Waals surface area contributed by atoms with Crippen LogP contribution in [0.5, 0.6) is 11.5 Å². The summed E-state index contributed by atoms with van der Waals surface area (Å²) in [7, 11) is 3.20. The Morgan fingerprint density at radius 3 is 2.76 bits per heavy atom. The first-order chi connectivity index (χ1) is 18.2. The first-order valence-corrected chi connectivity index (χ1v) is 15.9. The van der Waals surface area contributed by atoms with Crippen LogP contribution in [0, 0.1) is 0 Å². The molecular formula is C27H35N3O6S2. The zero-order chi connectivity index (χ0) is 26.6. The summed E-state index contributed by atoms with van der Waals surface area (Å²) in [6.07, 6.45) is 5.18. The van der Waals surface area contributed by atoms with E-state index in [0.717, 1.165) is 49.7 Å². The minimum absolute atomic E-state index is 0.0216. The van der Waals surface area contributed by atoms with Crippen molar-refractivity contribution in [3.8, 4) is 11.5 Å². The number of nitrogens with zero attached hydrogens (tertiary/aromatic N) is 1. The van der Waals surface area contributed by atoms with Crippen molar-refractivity contribution in [3.05, 3.63) is 33.2 Å². The smallest absolute Gasteiger partial charge is 0.196 e. The maximum Gasteiger partial charge on any atom is 0.196 e. The van der Waals surface area contributed by atoms with Crippen LogP contribution >= 0.6 is 21.6 Å². The summed E-state index contributed by atoms with van der Waals surface area (Å²) in [4.78, 5) is 18.1. The highest BCUT2D eigenvalue weighted by Crippen LogP contribution is 2.57. The average Bonchev–Trinajstić information content (AvgIpc) is 3.50. The number of benzene rings is 1. The maximum absolute atomic E-state index is 13.8. The van der Waals surface area contributed by atoms with Crippen molar-refractivity contribution in [1.82, 2.24) is 0 Å². The third-order valence-corrected chi connectivity index (χ3v) is 10.7. The number of guanidine groups is 1. The molecule has 0 radical (unpaired) electrons. The predicted octanol–water partition coefficient (Wildman–Crippen LogP) is 3.85. The molecule has 9 nitrogen and oxygen atoms in total. The van der Waals surface area contributed by atoms with Crippen LogP contribution in [0.15, 0.2) is 20.3 Å². The van der Waals surface area contributed by atoms with Crippen molar-refractivity contribution in [1.29, 1.82) is 0 Å². The molecular weight excluding hydrogens is 526 g/mol. The number of hydrogen-bond donors (Lipinski definition) is 4. The molecule has 2 bridgehead atoms. The molecule has 2 aliphatic carbocycles. The molecule has 2 fully saturated rings. The molecule has 38 heavy (non-hydrogen) atoms. The molecule has 1 aromatic carbocycles. The lowest BCUT2D eigenvalue weighted by molar-refractivity contribution is -0.0727. The summed E-state index contributed by atoms with van der Waals surface area (Å²) in [5.41, 5.74) is 12.1. The Morgan fingerprint density at radius 1 is 1.21 bits per heavy atom. The quantitative estimate of drug-likeness (QED) is 0.247. The molecule has 2 aromatic rings. The number of fused-ring (bicyclic) bond motifs is 5. The van der Waals surface area contributed by atoms with Crippen molar-refractivity contribution in [2.24, 2.45) is 16.5 Å². The fourth-order valence-corrected chi connectivity index (χ4v) is 8.80. The van der Waals surface area contributed by atoms with E-state index in [-0.39, 0.29) is 41.6 Å². The van der Waals surface area contributed by atoms with Gasteiger partial charge in [0.05, 0.1) is 17.7 Å². The Kier molecular flexibility index (Phi) is 6.99. The van der Waals surface area contributed by atoms with Gasteiger partial charge < -0.3 is 35.6 Å². The van der Waals surface area contributed by atoms with Crippen LogP contribution < -0.4 is 26.4 Å². The summed E-state index contributed by atoms with van der Waals surface area (Å²) < 4.78 is 19.6. The van der Waals surface area contributed by atoms with Crippen LogP contribution in [0.4, 0.5) is 0 Å². The van der Waals surface area contributed by atoms with Gasteiger partial charge in [-0.05, 0) is 51.9 Å². The van der Waals surface area contributed by atoms with Crippen molar-refractivity contribution in [2.75, 3.05) is 5.75 Å². The summed E-state index contributed by atoms with van der Waals surface area (Å²) >= 11 is 0. The number of nitrogens with two attached hydrogens (primary N) is 2. The van der Waals surface area contributed by atoms with E-state index in [1.165, 1.54) is 6.07 Å². The van der Waals surface area contributed by atoms with Crippen molar-refractivity contribution in [2.45, 2.75) is 99.9 Å². The molecule has 6 N–H and O–H groups in total. The normalized spacial score (nSPS) is 31.3. The zero-order valence-electron chi connectivity index (χ0n) is 21.5. The van der Waals surface area contributed by atoms with Gasteiger partial charge in [-0.3, -0.25) is 4.79 Å². The molecule has 5 atom stereocenters. The topological polar surface area (TPSA) is 154 Å². The predicted molar refractivity (Wildman–Crippen MR) is 150 cm³/mol. The van der Waals surface area contributed by atoms with Gasteiger partial charge in [-0.15, -0.1) is 0 Å². The van der Waals surface area contributed by atoms with E-state index >= 15 is 0 Å². The Bertz CT molecular complexity index is 1320. The monoisotopic (exact) mass is 561 g/mol. The molecule has 1 aromatic heterocycles. The van der Waals surface area contributed by atoms with Gasteiger partial charge in [-0.25, -0.2) is 4.99 Å². The van der Waals surface area contributed by atoms with Crippen molar-refractivity contribution < 1.29 is 24.1 Å². The maximum atomic E-state index is 13.8. The number of aliphatic imine (C=N–C) groups is 1. The highest BCUT2D eigenvalue weighted by Gasteiger charge is 2.51. The first kappa shape index (κ1) is 26.2. The lowest BCUT2D eigenvalue weighted by atomic mass is 9.74. The van der Waals surface area contributed by atoms with Gasteiger partial charge in [0.25, 0.3) is 0 Å². The zero-order valence-corrected chi connectivity index (χ0v) is 23.1. The van der Waals surface area contributed by atoms with Crippen LogP contribution in [0.3, 0.4) is 0 Å². The largest absolute Gasteiger partial charge is 0.489 e. The summed E-state index contributed by atoms with van der Waals surface area (Å²) in [6.45, 7) is 1.83. The van der Waals surface area contributed by atoms with Crippen LogP contribution in [-0.4, -0.2) is 45.8 Å². The average molecular weight is 562 g/mol. The minimum Gasteiger partial charge on any atom is -0.489 e. The van der Waals surface area contributed by atoms with Crippen LogP contribution in [0.2, 0.25) is 0 Å². The third kappa shape index (κ3) is 4.65. The number of aliphatic hydroxyl groups excluding tert-OH is 1. The molecule has 206 valence electrons. The lowest BCUT2D eigenvalue weighted by Gasteiger charge is -2.37. The lowest BCUT2D eigenvalue weighted by Crippen LogP contribution is -2.47. The van der Waals surface area contributed by atoms with Gasteiger partial charge in [0.2, 0.25) is 0 Å². The van der Waals surface area contributed by atoms with Gasteiger partial charge in [-0.1, -0.05) is 21.6 Å². The molecule has 3 heterocycles. The van der Waals surface area contributed by atoms with E-state index in [1.807, 2.05) is 6.92 Å². The number of rotatable bonds is 3. The van der Waals surface area contributed by atoms with Gasteiger partial charge in [-0.2, -0.15) is 0 Å². The summed E-state index contributed by atoms with van der Waals surface area (Å²) in [5, 5.41) is 22.8. The Labute approximate surface area is 229 Å². The van der Waals surface area contributed by atoms with Crippen LogP contribution in [0.25, 0.3) is 11.0 Å². The number of aliphatic hydroxyl groups is 2. The second-order valence-electron chi connectivity index (χ2n) is 11.2. The molecule has 4 aliphatic rings. The van der Waals surface area contributed by atoms with E-state index in [4.69, 9.17) is 25.4 Å². The van der Waals surface area contributed by atoms with Crippen LogP contribution in [0.1, 0.15) is 87.2 Å². The van der Waals surface area contributed by atoms with E-state index < -0.39 is 17.8 Å². The fourth-order valence-electron chi connectivity index (χ4n) is 6.51. The molecule has 0 saturated heterocycles. The van der Waals surface area contributed by atoms with Gasteiger partial charge in [0.1, 0.15) is 40.4 Å². The third-order valence-electron chi connectivity index (χ3n) is 8.31. The van der Waals surface area contributed by atoms with E-state index in [2.05, 4.69) is 4.99 Å². The molecule has 6 rings (SSSR count). The SMILES string of the molecule is CC1(O)CCCC2c3c(c4c5oc(cc(=O)c5c3OC3CCCC3)C(O)CC(N=C(N)N)CSSC4)OC21. The molecule has 0 amide bonds. The summed E-state index contributed by atoms with van der Waals surface area (Å²) in [5.74, 6) is 2.34. The van der Waals surface area contributed by atoms with Gasteiger partial charge in [0, 0.05) is 41.0 Å². The standard InChI is InChI=1S/C27H35N3O6S2/c1-27(33)8-4-7-15-20-22(36-25(15)27)16-12-38-37-11-13(30-26(28)29)9-17(31)19-10-18(32)21(23(16)35-19)24(20)34-14-5-2-3-6-14/h10,13-15,17,25,31,33H,2-9,11-12H2,1H3,(H4,28,29,30). The Morgan fingerprint density at radius 2 is 2.00 bits per heavy atom. The van der Waals surface area contributed by atoms with E-state index in [9.17, 15) is 15.0 Å². The highest BCUT2D eigenvalue weighted by molar-refractivity contribution is 8.76. The second kappa shape index (κ2) is 10.1. The Hall–Kier alpha value is -2.08. The summed E-state index contributed by atoms with van der Waals surface area (Å²) in [6, 6.07) is 1.04. The first-order valence-electron chi connectivity index (χ1n) is 13.5. The molecule has 5 unspecified atom stereocenters. The van der Waals surface area contributed by atoms with E-state index in [0.29, 0.717) is 40.4 Å². The minimum atomic E-state index is -1.06. The van der Waals surface area contributed by atoms with Crippen molar-refractivity contribution in [3.63, 3.8) is 0 Å². The molecule has 2 saturated carbocycles. The molecule has 11 heteroatoms. The number of hydrogen-bond acceptors (Lipinski definition) is 9. The number of ether oxygens (including phenoxy) is 2.